The maximum absolute atomic E-state index is 12.3. The molecule has 0 bridgehead atoms. The maximum Gasteiger partial charge on any atom is 0.234 e. The fourth-order valence-electron chi connectivity index (χ4n) is 4.10. The molecule has 3 rings (SSSR count). The molecule has 2 atom stereocenters. The van der Waals surface area contributed by atoms with Gasteiger partial charge in [-0.05, 0) is 37.8 Å². The van der Waals surface area contributed by atoms with Gasteiger partial charge in [-0.3, -0.25) is 14.5 Å². The lowest BCUT2D eigenvalue weighted by Crippen LogP contribution is -2.50. The minimum Gasteiger partial charge on any atom is -0.351 e. The smallest absolute Gasteiger partial charge is 0.234 e. The fourth-order valence-corrected chi connectivity index (χ4v) is 4.10. The van der Waals surface area contributed by atoms with Crippen LogP contribution in [0.15, 0.2) is 30.3 Å². The molecule has 1 N–H and O–H groups in total. The van der Waals surface area contributed by atoms with Crippen molar-refractivity contribution in [3.05, 3.63) is 35.9 Å². The Morgan fingerprint density at radius 3 is 2.54 bits per heavy atom. The van der Waals surface area contributed by atoms with Crippen molar-refractivity contribution < 1.29 is 9.59 Å². The third-order valence-corrected chi connectivity index (χ3v) is 5.24. The third kappa shape index (κ3) is 3.96. The van der Waals surface area contributed by atoms with E-state index in [2.05, 4.69) is 10.2 Å². The van der Waals surface area contributed by atoms with Crippen LogP contribution in [-0.2, 0) is 16.1 Å². The van der Waals surface area contributed by atoms with Gasteiger partial charge in [-0.25, -0.2) is 0 Å². The van der Waals surface area contributed by atoms with Gasteiger partial charge in [0.05, 0.1) is 6.54 Å². The van der Waals surface area contributed by atoms with Crippen LogP contribution >= 0.6 is 0 Å². The summed E-state index contributed by atoms with van der Waals surface area (Å²) in [5, 5.41) is 3.01. The van der Waals surface area contributed by atoms with Gasteiger partial charge in [-0.1, -0.05) is 30.3 Å². The first-order chi connectivity index (χ1) is 11.6. The van der Waals surface area contributed by atoms with Crippen molar-refractivity contribution in [2.45, 2.75) is 51.2 Å². The molecule has 1 aromatic carbocycles. The van der Waals surface area contributed by atoms with E-state index in [1.54, 1.807) is 6.92 Å². The van der Waals surface area contributed by atoms with Crippen molar-refractivity contribution in [2.75, 3.05) is 19.6 Å². The monoisotopic (exact) mass is 329 g/mol. The van der Waals surface area contributed by atoms with Gasteiger partial charge in [0.1, 0.15) is 0 Å². The summed E-state index contributed by atoms with van der Waals surface area (Å²) in [5.74, 6) is 0.232. The molecule has 2 heterocycles. The molecule has 2 saturated heterocycles. The summed E-state index contributed by atoms with van der Waals surface area (Å²) in [5.41, 5.74) is 1.11. The van der Waals surface area contributed by atoms with E-state index in [4.69, 9.17) is 0 Å². The maximum atomic E-state index is 12.3. The quantitative estimate of drug-likeness (QED) is 0.896. The Hall–Kier alpha value is -1.88. The van der Waals surface area contributed by atoms with Gasteiger partial charge < -0.3 is 10.2 Å². The molecule has 2 aliphatic rings. The number of hydrogen-bond acceptors (Lipinski definition) is 3. The fraction of sp³-hybridized carbons (Fsp3) is 0.579. The van der Waals surface area contributed by atoms with Crippen LogP contribution in [0.25, 0.3) is 0 Å². The molecule has 2 aliphatic heterocycles. The summed E-state index contributed by atoms with van der Waals surface area (Å²) in [7, 11) is 0. The number of carbonyl (C=O) groups is 2. The molecule has 5 nitrogen and oxygen atoms in total. The second kappa shape index (κ2) is 7.79. The Kier molecular flexibility index (Phi) is 5.51. The van der Waals surface area contributed by atoms with Gasteiger partial charge in [0.2, 0.25) is 11.8 Å². The van der Waals surface area contributed by atoms with E-state index in [1.807, 2.05) is 35.2 Å². The highest BCUT2D eigenvalue weighted by atomic mass is 16.2. The predicted molar refractivity (Wildman–Crippen MR) is 93.3 cm³/mol. The second-order valence-electron chi connectivity index (χ2n) is 6.86. The number of benzene rings is 1. The van der Waals surface area contributed by atoms with Crippen LogP contribution in [0.3, 0.4) is 0 Å². The Bertz CT molecular complexity index is 575. The Labute approximate surface area is 144 Å². The van der Waals surface area contributed by atoms with E-state index in [0.29, 0.717) is 19.1 Å². The zero-order valence-electron chi connectivity index (χ0n) is 14.4. The molecule has 130 valence electrons. The first-order valence-electron chi connectivity index (χ1n) is 8.97. The highest BCUT2D eigenvalue weighted by molar-refractivity contribution is 5.78. The standard InChI is InChI=1S/C19H27N3O2/c1-15(23)22-12-6-10-18(22)17-9-5-11-21(17)14-19(24)20-13-16-7-3-2-4-8-16/h2-4,7-8,17-18H,5-6,9-14H2,1H3,(H,20,24)/t17-,18-/m0/s1. The largest absolute Gasteiger partial charge is 0.351 e. The molecule has 0 aromatic heterocycles. The van der Waals surface area contributed by atoms with E-state index >= 15 is 0 Å². The number of carbonyl (C=O) groups excluding carboxylic acids is 2. The molecule has 2 fully saturated rings. The summed E-state index contributed by atoms with van der Waals surface area (Å²) in [4.78, 5) is 28.4. The van der Waals surface area contributed by atoms with Crippen molar-refractivity contribution >= 4 is 11.8 Å². The topological polar surface area (TPSA) is 52.7 Å². The lowest BCUT2D eigenvalue weighted by molar-refractivity contribution is -0.130. The molecule has 0 saturated carbocycles. The second-order valence-corrected chi connectivity index (χ2v) is 6.86. The van der Waals surface area contributed by atoms with Gasteiger partial charge in [0.25, 0.3) is 0 Å². The number of hydrogen-bond donors (Lipinski definition) is 1. The van der Waals surface area contributed by atoms with Crippen molar-refractivity contribution in [3.8, 4) is 0 Å². The van der Waals surface area contributed by atoms with Crippen LogP contribution in [0, 0.1) is 0 Å². The lowest BCUT2D eigenvalue weighted by atomic mass is 10.0. The van der Waals surface area contributed by atoms with Gasteiger partial charge in [-0.2, -0.15) is 0 Å². The Morgan fingerprint density at radius 1 is 1.08 bits per heavy atom. The van der Waals surface area contributed by atoms with E-state index in [9.17, 15) is 9.59 Å². The zero-order valence-corrected chi connectivity index (χ0v) is 14.4. The number of nitrogens with zero attached hydrogens (tertiary/aromatic N) is 2. The highest BCUT2D eigenvalue weighted by Gasteiger charge is 2.39. The molecule has 2 amide bonds. The lowest BCUT2D eigenvalue weighted by Gasteiger charge is -2.34. The van der Waals surface area contributed by atoms with Crippen LogP contribution in [0.4, 0.5) is 0 Å². The van der Waals surface area contributed by atoms with Gasteiger partial charge >= 0.3 is 0 Å². The first-order valence-corrected chi connectivity index (χ1v) is 8.97. The van der Waals surface area contributed by atoms with Crippen LogP contribution in [0.1, 0.15) is 38.2 Å². The minimum atomic E-state index is 0.0677. The summed E-state index contributed by atoms with van der Waals surface area (Å²) >= 11 is 0. The van der Waals surface area contributed by atoms with Crippen molar-refractivity contribution in [1.82, 2.24) is 15.1 Å². The number of likely N-dealkylation sites (tertiary alicyclic amines) is 2. The molecule has 0 unspecified atom stereocenters. The first kappa shape index (κ1) is 17.0. The van der Waals surface area contributed by atoms with Crippen LogP contribution in [0.2, 0.25) is 0 Å². The highest BCUT2D eigenvalue weighted by Crippen LogP contribution is 2.29. The number of rotatable bonds is 5. The van der Waals surface area contributed by atoms with Gasteiger partial charge in [-0.15, -0.1) is 0 Å². The molecule has 0 spiro atoms. The van der Waals surface area contributed by atoms with Crippen LogP contribution < -0.4 is 5.32 Å². The summed E-state index contributed by atoms with van der Waals surface area (Å²) < 4.78 is 0. The van der Waals surface area contributed by atoms with Crippen molar-refractivity contribution in [3.63, 3.8) is 0 Å². The SMILES string of the molecule is CC(=O)N1CCC[C@H]1[C@@H]1CCCN1CC(=O)NCc1ccccc1. The van der Waals surface area contributed by atoms with Crippen LogP contribution in [-0.4, -0.2) is 53.3 Å². The van der Waals surface area contributed by atoms with E-state index in [-0.39, 0.29) is 17.9 Å². The van der Waals surface area contributed by atoms with Crippen molar-refractivity contribution in [2.24, 2.45) is 0 Å². The summed E-state index contributed by atoms with van der Waals surface area (Å²) in [6, 6.07) is 10.6. The average molecular weight is 329 g/mol. The summed E-state index contributed by atoms with van der Waals surface area (Å²) in [6.07, 6.45) is 4.33. The third-order valence-electron chi connectivity index (χ3n) is 5.24. The van der Waals surface area contributed by atoms with Gasteiger partial charge in [0, 0.05) is 32.1 Å². The van der Waals surface area contributed by atoms with Gasteiger partial charge in [0.15, 0.2) is 0 Å². The van der Waals surface area contributed by atoms with E-state index in [1.165, 1.54) is 0 Å². The van der Waals surface area contributed by atoms with E-state index in [0.717, 1.165) is 44.3 Å². The molecular weight excluding hydrogens is 302 g/mol. The average Bonchev–Trinajstić information content (AvgIpc) is 3.22. The normalized spacial score (nSPS) is 24.3. The molecule has 5 heteroatoms. The molecule has 24 heavy (non-hydrogen) atoms. The number of amides is 2. The predicted octanol–water partition coefficient (Wildman–Crippen LogP) is 1.78. The number of nitrogens with one attached hydrogen (secondary N) is 1. The Morgan fingerprint density at radius 2 is 1.79 bits per heavy atom. The molecule has 0 aliphatic carbocycles. The van der Waals surface area contributed by atoms with Crippen molar-refractivity contribution in [1.29, 1.82) is 0 Å². The molecular formula is C19H27N3O2. The zero-order chi connectivity index (χ0) is 16.9. The van der Waals surface area contributed by atoms with E-state index < -0.39 is 0 Å². The molecule has 0 radical (unpaired) electrons. The Balaban J connectivity index is 1.54. The molecule has 1 aromatic rings. The minimum absolute atomic E-state index is 0.0677. The van der Waals surface area contributed by atoms with Crippen LogP contribution in [0.5, 0.6) is 0 Å². The summed E-state index contributed by atoms with van der Waals surface area (Å²) in [6.45, 7) is 4.47.